The molecule has 1 aliphatic rings. The van der Waals surface area contributed by atoms with E-state index in [1.807, 2.05) is 27.7 Å². The van der Waals surface area contributed by atoms with Crippen molar-refractivity contribution >= 4 is 36.3 Å². The summed E-state index contributed by atoms with van der Waals surface area (Å²) >= 11 is 12.3. The Morgan fingerprint density at radius 3 is 2.27 bits per heavy atom. The predicted octanol–water partition coefficient (Wildman–Crippen LogP) is 4.18. The number of carboxylic acid groups (broad SMARTS) is 1. The molecule has 0 saturated carbocycles. The van der Waals surface area contributed by atoms with Crippen LogP contribution in [0, 0.1) is 0 Å². The van der Waals surface area contributed by atoms with Crippen molar-refractivity contribution in [3.8, 4) is 0 Å². The third-order valence-electron chi connectivity index (χ3n) is 4.35. The number of hydrogen-bond donors (Lipinski definition) is 1. The highest BCUT2D eigenvalue weighted by atomic mass is 35.5. The molecule has 1 atom stereocenters. The average Bonchev–Trinajstić information content (AvgIpc) is 2.58. The van der Waals surface area contributed by atoms with Crippen LogP contribution in [0.2, 0.25) is 10.0 Å². The maximum Gasteiger partial charge on any atom is 0.466 e. The molecule has 1 heterocycles. The van der Waals surface area contributed by atoms with Crippen molar-refractivity contribution in [3.05, 3.63) is 33.8 Å². The third-order valence-corrected chi connectivity index (χ3v) is 4.93. The molecule has 4 nitrogen and oxygen atoms in total. The van der Waals surface area contributed by atoms with Gasteiger partial charge in [-0.1, -0.05) is 23.2 Å². The van der Waals surface area contributed by atoms with Crippen LogP contribution in [-0.4, -0.2) is 29.4 Å². The second kappa shape index (κ2) is 6.04. The third kappa shape index (κ3) is 3.43. The lowest BCUT2D eigenvalue weighted by Crippen LogP contribution is -2.41. The highest BCUT2D eigenvalue weighted by molar-refractivity contribution is 6.48. The van der Waals surface area contributed by atoms with Crippen LogP contribution < -0.4 is 0 Å². The van der Waals surface area contributed by atoms with E-state index in [1.165, 1.54) is 0 Å². The zero-order chi connectivity index (χ0) is 16.7. The highest BCUT2D eigenvalue weighted by Crippen LogP contribution is 2.43. The van der Waals surface area contributed by atoms with Crippen LogP contribution in [0.3, 0.4) is 0 Å². The van der Waals surface area contributed by atoms with Crippen LogP contribution in [0.1, 0.15) is 45.5 Å². The SMILES string of the molecule is CC1(C)OB(C(CC(=O)O)c2cc(Cl)ccc2Cl)OC1(C)C. The molecule has 0 radical (unpaired) electrons. The number of aliphatic carboxylic acids is 1. The summed E-state index contributed by atoms with van der Waals surface area (Å²) in [6.45, 7) is 7.68. The van der Waals surface area contributed by atoms with E-state index in [4.69, 9.17) is 32.5 Å². The number of carbonyl (C=O) groups is 1. The summed E-state index contributed by atoms with van der Waals surface area (Å²) in [7, 11) is -0.697. The van der Waals surface area contributed by atoms with Crippen molar-refractivity contribution in [2.45, 2.75) is 51.1 Å². The van der Waals surface area contributed by atoms with Gasteiger partial charge in [-0.05, 0) is 51.5 Å². The molecule has 1 aromatic carbocycles. The van der Waals surface area contributed by atoms with Gasteiger partial charge < -0.3 is 14.4 Å². The lowest BCUT2D eigenvalue weighted by molar-refractivity contribution is -0.137. The van der Waals surface area contributed by atoms with Gasteiger partial charge in [-0.2, -0.15) is 0 Å². The van der Waals surface area contributed by atoms with Crippen LogP contribution in [0.15, 0.2) is 18.2 Å². The minimum absolute atomic E-state index is 0.156. The Kier molecular flexibility index (Phi) is 4.84. The predicted molar refractivity (Wildman–Crippen MR) is 87.5 cm³/mol. The minimum Gasteiger partial charge on any atom is -0.481 e. The highest BCUT2D eigenvalue weighted by Gasteiger charge is 2.54. The van der Waals surface area contributed by atoms with Gasteiger partial charge in [0.05, 0.1) is 17.6 Å². The summed E-state index contributed by atoms with van der Waals surface area (Å²) in [4.78, 5) is 11.3. The molecule has 1 unspecified atom stereocenters. The van der Waals surface area contributed by atoms with E-state index in [2.05, 4.69) is 0 Å². The molecule has 1 aromatic rings. The average molecular weight is 345 g/mol. The van der Waals surface area contributed by atoms with Crippen molar-refractivity contribution in [2.75, 3.05) is 0 Å². The molecule has 1 fully saturated rings. The van der Waals surface area contributed by atoms with Crippen molar-refractivity contribution in [1.82, 2.24) is 0 Å². The maximum absolute atomic E-state index is 11.3. The van der Waals surface area contributed by atoms with Crippen LogP contribution in [0.5, 0.6) is 0 Å². The lowest BCUT2D eigenvalue weighted by Gasteiger charge is -2.32. The molecule has 0 spiro atoms. The first-order valence-corrected chi connectivity index (χ1v) is 7.81. The van der Waals surface area contributed by atoms with Gasteiger partial charge in [-0.25, -0.2) is 0 Å². The summed E-state index contributed by atoms with van der Waals surface area (Å²) in [6.07, 6.45) is -0.156. The van der Waals surface area contributed by atoms with E-state index in [-0.39, 0.29) is 6.42 Å². The number of rotatable bonds is 4. The van der Waals surface area contributed by atoms with E-state index >= 15 is 0 Å². The Morgan fingerprint density at radius 2 is 1.77 bits per heavy atom. The number of hydrogen-bond acceptors (Lipinski definition) is 3. The molecule has 1 N–H and O–H groups in total. The molecular formula is C15H19BCl2O4. The van der Waals surface area contributed by atoms with Crippen LogP contribution in [0.4, 0.5) is 0 Å². The van der Waals surface area contributed by atoms with E-state index < -0.39 is 30.1 Å². The van der Waals surface area contributed by atoms with Gasteiger partial charge in [-0.15, -0.1) is 0 Å². The van der Waals surface area contributed by atoms with Gasteiger partial charge in [-0.3, -0.25) is 4.79 Å². The van der Waals surface area contributed by atoms with E-state index in [1.54, 1.807) is 18.2 Å². The summed E-state index contributed by atoms with van der Waals surface area (Å²) in [5.41, 5.74) is -0.464. The van der Waals surface area contributed by atoms with Gasteiger partial charge in [0.25, 0.3) is 0 Å². The molecule has 0 amide bonds. The maximum atomic E-state index is 11.3. The van der Waals surface area contributed by atoms with Gasteiger partial charge in [0.2, 0.25) is 0 Å². The standard InChI is InChI=1S/C15H19BCl2O4/c1-14(2)15(3,4)22-16(21-14)11(8-13(19)20)10-7-9(17)5-6-12(10)18/h5-7,11H,8H2,1-4H3,(H,19,20). The molecule has 0 bridgehead atoms. The zero-order valence-electron chi connectivity index (χ0n) is 13.0. The Bertz CT molecular complexity index is 573. The fraction of sp³-hybridized carbons (Fsp3) is 0.533. The van der Waals surface area contributed by atoms with Gasteiger partial charge >= 0.3 is 13.1 Å². The molecule has 0 aromatic heterocycles. The van der Waals surface area contributed by atoms with Crippen LogP contribution in [0.25, 0.3) is 0 Å². The number of carboxylic acids is 1. The quantitative estimate of drug-likeness (QED) is 0.832. The molecule has 1 aliphatic heterocycles. The van der Waals surface area contributed by atoms with Crippen LogP contribution in [-0.2, 0) is 14.1 Å². The molecule has 7 heteroatoms. The molecule has 120 valence electrons. The van der Waals surface area contributed by atoms with E-state index in [0.717, 1.165) is 0 Å². The summed E-state index contributed by atoms with van der Waals surface area (Å²) < 4.78 is 12.0. The first kappa shape index (κ1) is 17.6. The Labute approximate surface area is 140 Å². The summed E-state index contributed by atoms with van der Waals surface area (Å²) in [5, 5.41) is 10.2. The molecule has 22 heavy (non-hydrogen) atoms. The van der Waals surface area contributed by atoms with Crippen molar-refractivity contribution in [1.29, 1.82) is 0 Å². The van der Waals surface area contributed by atoms with Crippen molar-refractivity contribution < 1.29 is 19.2 Å². The van der Waals surface area contributed by atoms with Gasteiger partial charge in [0.1, 0.15) is 0 Å². The fourth-order valence-corrected chi connectivity index (χ4v) is 2.83. The molecule has 2 rings (SSSR count). The second-order valence-corrected chi connectivity index (χ2v) is 7.34. The monoisotopic (exact) mass is 344 g/mol. The second-order valence-electron chi connectivity index (χ2n) is 6.49. The number of benzene rings is 1. The van der Waals surface area contributed by atoms with Gasteiger partial charge in [0, 0.05) is 15.9 Å². The normalized spacial score (nSPS) is 20.9. The van der Waals surface area contributed by atoms with Crippen molar-refractivity contribution in [2.24, 2.45) is 0 Å². The number of halogens is 2. The minimum atomic E-state index is -0.948. The first-order chi connectivity index (χ1) is 10.0. The topological polar surface area (TPSA) is 55.8 Å². The molecule has 1 saturated heterocycles. The molecular weight excluding hydrogens is 326 g/mol. The van der Waals surface area contributed by atoms with Crippen LogP contribution >= 0.6 is 23.2 Å². The molecule has 0 aliphatic carbocycles. The van der Waals surface area contributed by atoms with E-state index in [9.17, 15) is 9.90 Å². The fourth-order valence-electron chi connectivity index (χ4n) is 2.39. The zero-order valence-corrected chi connectivity index (χ0v) is 14.5. The largest absolute Gasteiger partial charge is 0.481 e. The lowest BCUT2D eigenvalue weighted by atomic mass is 9.66. The summed E-state index contributed by atoms with van der Waals surface area (Å²) in [5.74, 6) is -1.49. The van der Waals surface area contributed by atoms with E-state index in [0.29, 0.717) is 15.6 Å². The Morgan fingerprint density at radius 1 is 1.23 bits per heavy atom. The summed E-state index contributed by atoms with van der Waals surface area (Å²) in [6, 6.07) is 4.98. The smallest absolute Gasteiger partial charge is 0.466 e. The first-order valence-electron chi connectivity index (χ1n) is 7.06. The Balaban J connectivity index is 2.40. The Hall–Kier alpha value is -0.745. The van der Waals surface area contributed by atoms with Gasteiger partial charge in [0.15, 0.2) is 0 Å². The van der Waals surface area contributed by atoms with Crippen molar-refractivity contribution in [3.63, 3.8) is 0 Å².